The highest BCUT2D eigenvalue weighted by molar-refractivity contribution is 6.30. The Morgan fingerprint density at radius 2 is 1.80 bits per heavy atom. The molecular formula is C16H15ClN2O. The van der Waals surface area contributed by atoms with E-state index in [0.717, 1.165) is 12.8 Å². The molecule has 0 fully saturated rings. The minimum Gasteiger partial charge on any atom is -0.267 e. The van der Waals surface area contributed by atoms with Crippen molar-refractivity contribution in [3.63, 3.8) is 0 Å². The molecular weight excluding hydrogens is 272 g/mol. The van der Waals surface area contributed by atoms with Crippen LogP contribution in [-0.4, -0.2) is 12.1 Å². The van der Waals surface area contributed by atoms with Crippen LogP contribution in [0.5, 0.6) is 0 Å². The summed E-state index contributed by atoms with van der Waals surface area (Å²) in [6.07, 6.45) is 3.40. The average molecular weight is 287 g/mol. The van der Waals surface area contributed by atoms with Gasteiger partial charge in [0.2, 0.25) is 0 Å². The van der Waals surface area contributed by atoms with Crippen LogP contribution in [0, 0.1) is 0 Å². The summed E-state index contributed by atoms with van der Waals surface area (Å²) in [6, 6.07) is 16.8. The Kier molecular flexibility index (Phi) is 5.33. The van der Waals surface area contributed by atoms with Gasteiger partial charge in [0.15, 0.2) is 0 Å². The average Bonchev–Trinajstić information content (AvgIpc) is 2.48. The van der Waals surface area contributed by atoms with E-state index in [1.165, 1.54) is 5.56 Å². The zero-order chi connectivity index (χ0) is 14.2. The van der Waals surface area contributed by atoms with Gasteiger partial charge in [-0.1, -0.05) is 41.9 Å². The van der Waals surface area contributed by atoms with Crippen molar-refractivity contribution >= 4 is 23.7 Å². The number of aryl methyl sites for hydroxylation is 1. The number of hydrogen-bond acceptors (Lipinski definition) is 2. The summed E-state index contributed by atoms with van der Waals surface area (Å²) < 4.78 is 0. The van der Waals surface area contributed by atoms with Crippen LogP contribution >= 0.6 is 11.6 Å². The molecule has 1 amide bonds. The summed E-state index contributed by atoms with van der Waals surface area (Å²) >= 11 is 5.76. The number of nitrogens with zero attached hydrogens (tertiary/aromatic N) is 1. The minimum absolute atomic E-state index is 0.238. The van der Waals surface area contributed by atoms with Gasteiger partial charge in [0.05, 0.1) is 0 Å². The normalized spacial score (nSPS) is 10.7. The second-order valence-corrected chi connectivity index (χ2v) is 4.72. The van der Waals surface area contributed by atoms with Gasteiger partial charge in [-0.25, -0.2) is 5.43 Å². The van der Waals surface area contributed by atoms with Crippen LogP contribution in [0.4, 0.5) is 0 Å². The maximum Gasteiger partial charge on any atom is 0.271 e. The quantitative estimate of drug-likeness (QED) is 0.661. The third-order valence-corrected chi connectivity index (χ3v) is 3.02. The van der Waals surface area contributed by atoms with E-state index in [2.05, 4.69) is 22.7 Å². The molecule has 2 aromatic carbocycles. The van der Waals surface area contributed by atoms with Gasteiger partial charge < -0.3 is 0 Å². The maximum absolute atomic E-state index is 11.7. The van der Waals surface area contributed by atoms with Crippen LogP contribution < -0.4 is 5.43 Å². The fourth-order valence-corrected chi connectivity index (χ4v) is 1.84. The first kappa shape index (κ1) is 14.3. The van der Waals surface area contributed by atoms with Gasteiger partial charge in [-0.05, 0) is 42.7 Å². The topological polar surface area (TPSA) is 41.5 Å². The number of benzene rings is 2. The van der Waals surface area contributed by atoms with Crippen LogP contribution in [0.1, 0.15) is 22.3 Å². The number of amides is 1. The Labute approximate surface area is 123 Å². The van der Waals surface area contributed by atoms with E-state index in [-0.39, 0.29) is 5.91 Å². The fraction of sp³-hybridized carbons (Fsp3) is 0.125. The summed E-state index contributed by atoms with van der Waals surface area (Å²) in [6.45, 7) is 0. The molecule has 1 N–H and O–H groups in total. The van der Waals surface area contributed by atoms with E-state index in [1.807, 2.05) is 18.2 Å². The van der Waals surface area contributed by atoms with Crippen molar-refractivity contribution in [1.29, 1.82) is 0 Å². The van der Waals surface area contributed by atoms with E-state index in [1.54, 1.807) is 30.5 Å². The van der Waals surface area contributed by atoms with Crippen LogP contribution in [0.3, 0.4) is 0 Å². The van der Waals surface area contributed by atoms with Crippen molar-refractivity contribution in [2.24, 2.45) is 5.10 Å². The van der Waals surface area contributed by atoms with E-state index < -0.39 is 0 Å². The van der Waals surface area contributed by atoms with Gasteiger partial charge in [-0.3, -0.25) is 4.79 Å². The van der Waals surface area contributed by atoms with Crippen molar-refractivity contribution in [3.8, 4) is 0 Å². The monoisotopic (exact) mass is 286 g/mol. The van der Waals surface area contributed by atoms with E-state index >= 15 is 0 Å². The third-order valence-electron chi connectivity index (χ3n) is 2.77. The Morgan fingerprint density at radius 3 is 2.50 bits per heavy atom. The van der Waals surface area contributed by atoms with Crippen molar-refractivity contribution in [3.05, 3.63) is 70.7 Å². The summed E-state index contributed by atoms with van der Waals surface area (Å²) in [5.41, 5.74) is 4.28. The lowest BCUT2D eigenvalue weighted by atomic mass is 10.1. The number of rotatable bonds is 5. The fourth-order valence-electron chi connectivity index (χ4n) is 1.71. The lowest BCUT2D eigenvalue weighted by Crippen LogP contribution is -2.17. The Hall–Kier alpha value is -2.13. The SMILES string of the molecule is O=C(N/N=C/CCc1ccccc1)c1ccc(Cl)cc1. The number of hydrazone groups is 1. The van der Waals surface area contributed by atoms with Crippen LogP contribution in [0.15, 0.2) is 59.7 Å². The largest absolute Gasteiger partial charge is 0.271 e. The molecule has 0 saturated heterocycles. The smallest absolute Gasteiger partial charge is 0.267 e. The molecule has 0 atom stereocenters. The molecule has 0 radical (unpaired) electrons. The zero-order valence-electron chi connectivity index (χ0n) is 10.9. The van der Waals surface area contributed by atoms with Crippen LogP contribution in [-0.2, 0) is 6.42 Å². The van der Waals surface area contributed by atoms with Gasteiger partial charge in [0, 0.05) is 16.8 Å². The predicted molar refractivity (Wildman–Crippen MR) is 82.2 cm³/mol. The summed E-state index contributed by atoms with van der Waals surface area (Å²) in [5, 5.41) is 4.53. The molecule has 0 aliphatic rings. The number of hydrogen-bond donors (Lipinski definition) is 1. The third kappa shape index (κ3) is 4.52. The second kappa shape index (κ2) is 7.46. The second-order valence-electron chi connectivity index (χ2n) is 4.28. The first-order chi connectivity index (χ1) is 9.75. The molecule has 0 aliphatic heterocycles. The van der Waals surface area contributed by atoms with Gasteiger partial charge in [0.25, 0.3) is 5.91 Å². The molecule has 0 unspecified atom stereocenters. The first-order valence-corrected chi connectivity index (χ1v) is 6.75. The summed E-state index contributed by atoms with van der Waals surface area (Å²) in [4.78, 5) is 11.7. The molecule has 3 nitrogen and oxygen atoms in total. The molecule has 0 heterocycles. The minimum atomic E-state index is -0.238. The lowest BCUT2D eigenvalue weighted by molar-refractivity contribution is 0.0955. The van der Waals surface area contributed by atoms with E-state index in [4.69, 9.17) is 11.6 Å². The molecule has 0 bridgehead atoms. The lowest BCUT2D eigenvalue weighted by Gasteiger charge is -2.00. The molecule has 20 heavy (non-hydrogen) atoms. The van der Waals surface area contributed by atoms with Crippen LogP contribution in [0.25, 0.3) is 0 Å². The molecule has 0 saturated carbocycles. The highest BCUT2D eigenvalue weighted by Gasteiger charge is 2.02. The van der Waals surface area contributed by atoms with Crippen molar-refractivity contribution < 1.29 is 4.79 Å². The summed E-state index contributed by atoms with van der Waals surface area (Å²) in [7, 11) is 0. The maximum atomic E-state index is 11.7. The standard InChI is InChI=1S/C16H15ClN2O/c17-15-10-8-14(9-11-15)16(20)19-18-12-4-7-13-5-2-1-3-6-13/h1-3,5-6,8-12H,4,7H2,(H,19,20)/b18-12+. The number of carbonyl (C=O) groups excluding carboxylic acids is 1. The van der Waals surface area contributed by atoms with Crippen molar-refractivity contribution in [2.75, 3.05) is 0 Å². The van der Waals surface area contributed by atoms with Crippen molar-refractivity contribution in [2.45, 2.75) is 12.8 Å². The van der Waals surface area contributed by atoms with Gasteiger partial charge >= 0.3 is 0 Å². The van der Waals surface area contributed by atoms with Gasteiger partial charge in [-0.15, -0.1) is 0 Å². The van der Waals surface area contributed by atoms with E-state index in [0.29, 0.717) is 10.6 Å². The Morgan fingerprint density at radius 1 is 1.10 bits per heavy atom. The van der Waals surface area contributed by atoms with Crippen LogP contribution in [0.2, 0.25) is 5.02 Å². The Bertz CT molecular complexity index is 579. The highest BCUT2D eigenvalue weighted by atomic mass is 35.5. The molecule has 0 aromatic heterocycles. The zero-order valence-corrected chi connectivity index (χ0v) is 11.7. The molecule has 4 heteroatoms. The number of carbonyl (C=O) groups is 1. The number of nitrogens with one attached hydrogen (secondary N) is 1. The van der Waals surface area contributed by atoms with E-state index in [9.17, 15) is 4.79 Å². The molecule has 0 aliphatic carbocycles. The molecule has 2 rings (SSSR count). The Balaban J connectivity index is 1.76. The number of halogens is 1. The van der Waals surface area contributed by atoms with Gasteiger partial charge in [0.1, 0.15) is 0 Å². The molecule has 0 spiro atoms. The molecule has 2 aromatic rings. The molecule has 102 valence electrons. The first-order valence-electron chi connectivity index (χ1n) is 6.37. The summed E-state index contributed by atoms with van der Waals surface area (Å²) in [5.74, 6) is -0.238. The highest BCUT2D eigenvalue weighted by Crippen LogP contribution is 2.09. The van der Waals surface area contributed by atoms with Gasteiger partial charge in [-0.2, -0.15) is 5.10 Å². The van der Waals surface area contributed by atoms with Crippen molar-refractivity contribution in [1.82, 2.24) is 5.43 Å². The predicted octanol–water partition coefficient (Wildman–Crippen LogP) is 3.69.